The summed E-state index contributed by atoms with van der Waals surface area (Å²) >= 11 is 0. The van der Waals surface area contributed by atoms with Gasteiger partial charge in [0.1, 0.15) is 5.69 Å². The molecule has 5 heteroatoms. The van der Waals surface area contributed by atoms with Gasteiger partial charge in [-0.05, 0) is 36.8 Å². The summed E-state index contributed by atoms with van der Waals surface area (Å²) < 4.78 is 0. The lowest BCUT2D eigenvalue weighted by atomic mass is 9.82. The number of benzene rings is 1. The number of hydrogen-bond donors (Lipinski definition) is 1. The van der Waals surface area contributed by atoms with Gasteiger partial charge in [-0.15, -0.1) is 0 Å². The molecule has 0 radical (unpaired) electrons. The number of hydrogen-bond acceptors (Lipinski definition) is 4. The van der Waals surface area contributed by atoms with Crippen LogP contribution in [0.2, 0.25) is 0 Å². The molecule has 0 heterocycles. The molecule has 1 aliphatic rings. The highest BCUT2D eigenvalue weighted by atomic mass is 16.6. The summed E-state index contributed by atoms with van der Waals surface area (Å²) in [6, 6.07) is 6.45. The van der Waals surface area contributed by atoms with Crippen molar-refractivity contribution in [2.75, 3.05) is 11.9 Å². The molecule has 1 N–H and O–H groups in total. The fraction of sp³-hybridized carbons (Fsp3) is 0.533. The monoisotopic (exact) mass is 273 g/mol. The van der Waals surface area contributed by atoms with E-state index in [2.05, 4.69) is 12.2 Å². The van der Waals surface area contributed by atoms with E-state index in [0.29, 0.717) is 17.2 Å². The second-order valence-corrected chi connectivity index (χ2v) is 5.62. The molecule has 1 aliphatic carbocycles. The fourth-order valence-corrected chi connectivity index (χ4v) is 2.91. The summed E-state index contributed by atoms with van der Waals surface area (Å²) in [4.78, 5) is 10.6. The molecule has 20 heavy (non-hydrogen) atoms. The third-order valence-corrected chi connectivity index (χ3v) is 3.95. The average molecular weight is 273 g/mol. The van der Waals surface area contributed by atoms with E-state index in [-0.39, 0.29) is 5.69 Å². The second kappa shape index (κ2) is 6.38. The van der Waals surface area contributed by atoms with Gasteiger partial charge < -0.3 is 5.32 Å². The lowest BCUT2D eigenvalue weighted by molar-refractivity contribution is -0.384. The highest BCUT2D eigenvalue weighted by Gasteiger charge is 2.20. The Kier molecular flexibility index (Phi) is 4.57. The summed E-state index contributed by atoms with van der Waals surface area (Å²) in [5.41, 5.74) is 0.926. The summed E-state index contributed by atoms with van der Waals surface area (Å²) in [5.74, 6) is 1.29. The molecule has 0 spiro atoms. The lowest BCUT2D eigenvalue weighted by Gasteiger charge is -2.27. The van der Waals surface area contributed by atoms with E-state index in [1.165, 1.54) is 37.8 Å². The van der Waals surface area contributed by atoms with Crippen molar-refractivity contribution in [3.63, 3.8) is 0 Å². The molecule has 2 atom stereocenters. The largest absolute Gasteiger partial charge is 0.379 e. The van der Waals surface area contributed by atoms with Crippen molar-refractivity contribution in [2.45, 2.75) is 32.6 Å². The van der Waals surface area contributed by atoms with Crippen LogP contribution in [-0.4, -0.2) is 11.5 Å². The number of rotatable bonds is 4. The standard InChI is InChI=1S/C15H19N3O2/c1-11-3-2-4-13(7-11)10-17-14-8-12(9-16)5-6-15(14)18(19)20/h5-6,8,11,13,17H,2-4,7,10H2,1H3. The summed E-state index contributed by atoms with van der Waals surface area (Å²) in [6.07, 6.45) is 4.84. The normalized spacial score (nSPS) is 22.0. The maximum Gasteiger partial charge on any atom is 0.292 e. The first-order chi connectivity index (χ1) is 9.60. The molecular weight excluding hydrogens is 254 g/mol. The molecule has 106 valence electrons. The molecule has 0 aromatic heterocycles. The Morgan fingerprint density at radius 2 is 2.30 bits per heavy atom. The van der Waals surface area contributed by atoms with Crippen LogP contribution in [0.15, 0.2) is 18.2 Å². The molecule has 2 unspecified atom stereocenters. The van der Waals surface area contributed by atoms with Crippen molar-refractivity contribution >= 4 is 11.4 Å². The smallest absolute Gasteiger partial charge is 0.292 e. The van der Waals surface area contributed by atoms with Gasteiger partial charge in [0.05, 0.1) is 16.6 Å². The first-order valence-electron chi connectivity index (χ1n) is 7.02. The van der Waals surface area contributed by atoms with E-state index in [9.17, 15) is 10.1 Å². The molecule has 0 bridgehead atoms. The highest BCUT2D eigenvalue weighted by molar-refractivity contribution is 5.64. The van der Waals surface area contributed by atoms with Crippen LogP contribution in [0.1, 0.15) is 38.2 Å². The van der Waals surface area contributed by atoms with Crippen molar-refractivity contribution in [3.8, 4) is 6.07 Å². The van der Waals surface area contributed by atoms with Crippen LogP contribution < -0.4 is 5.32 Å². The van der Waals surface area contributed by atoms with E-state index in [1.807, 2.05) is 6.07 Å². The van der Waals surface area contributed by atoms with Crippen molar-refractivity contribution in [2.24, 2.45) is 11.8 Å². The first kappa shape index (κ1) is 14.3. The van der Waals surface area contributed by atoms with E-state index in [1.54, 1.807) is 6.07 Å². The Hall–Kier alpha value is -2.09. The van der Waals surface area contributed by atoms with Gasteiger partial charge in [0.2, 0.25) is 0 Å². The zero-order chi connectivity index (χ0) is 14.5. The SMILES string of the molecule is CC1CCCC(CNc2cc(C#N)ccc2[N+](=O)[O-])C1. The predicted octanol–water partition coefficient (Wildman–Crippen LogP) is 3.70. The van der Waals surface area contributed by atoms with Gasteiger partial charge in [0, 0.05) is 12.6 Å². The van der Waals surface area contributed by atoms with E-state index in [0.717, 1.165) is 12.5 Å². The Bertz CT molecular complexity index is 536. The van der Waals surface area contributed by atoms with Crippen molar-refractivity contribution in [1.29, 1.82) is 5.26 Å². The van der Waals surface area contributed by atoms with E-state index in [4.69, 9.17) is 5.26 Å². The van der Waals surface area contributed by atoms with Crippen LogP contribution in [-0.2, 0) is 0 Å². The Balaban J connectivity index is 2.07. The van der Waals surface area contributed by atoms with Crippen LogP contribution in [0.3, 0.4) is 0 Å². The Labute approximate surface area is 118 Å². The number of nitro benzene ring substituents is 1. The Morgan fingerprint density at radius 3 is 2.95 bits per heavy atom. The number of nitriles is 1. The van der Waals surface area contributed by atoms with Crippen LogP contribution in [0, 0.1) is 33.3 Å². The molecule has 0 amide bonds. The zero-order valence-electron chi connectivity index (χ0n) is 11.6. The number of nitrogens with zero attached hydrogens (tertiary/aromatic N) is 2. The maximum atomic E-state index is 11.0. The van der Waals surface area contributed by atoms with Crippen molar-refractivity contribution < 1.29 is 4.92 Å². The first-order valence-corrected chi connectivity index (χ1v) is 7.02. The van der Waals surface area contributed by atoms with E-state index < -0.39 is 4.92 Å². The second-order valence-electron chi connectivity index (χ2n) is 5.62. The summed E-state index contributed by atoms with van der Waals surface area (Å²) in [5, 5.41) is 23.1. The van der Waals surface area contributed by atoms with Gasteiger partial charge in [-0.1, -0.05) is 19.8 Å². The molecule has 1 fully saturated rings. The molecule has 1 aromatic carbocycles. The van der Waals surface area contributed by atoms with Gasteiger partial charge in [0.15, 0.2) is 0 Å². The van der Waals surface area contributed by atoms with Crippen LogP contribution in [0.25, 0.3) is 0 Å². The molecule has 0 aliphatic heterocycles. The summed E-state index contributed by atoms with van der Waals surface area (Å²) in [6.45, 7) is 2.99. The average Bonchev–Trinajstić information content (AvgIpc) is 2.44. The lowest BCUT2D eigenvalue weighted by Crippen LogP contribution is -2.21. The number of nitro groups is 1. The molecule has 1 aromatic rings. The van der Waals surface area contributed by atoms with Crippen LogP contribution in [0.4, 0.5) is 11.4 Å². The van der Waals surface area contributed by atoms with Crippen molar-refractivity contribution in [3.05, 3.63) is 33.9 Å². The predicted molar refractivity (Wildman–Crippen MR) is 77.4 cm³/mol. The minimum absolute atomic E-state index is 0.0351. The topological polar surface area (TPSA) is 79.0 Å². The quantitative estimate of drug-likeness (QED) is 0.670. The van der Waals surface area contributed by atoms with Crippen LogP contribution in [0.5, 0.6) is 0 Å². The number of nitrogens with one attached hydrogen (secondary N) is 1. The van der Waals surface area contributed by atoms with Gasteiger partial charge in [-0.25, -0.2) is 0 Å². The molecule has 1 saturated carbocycles. The molecular formula is C15H19N3O2. The van der Waals surface area contributed by atoms with Gasteiger partial charge in [-0.2, -0.15) is 5.26 Å². The molecule has 2 rings (SSSR count). The third kappa shape index (κ3) is 3.47. The minimum atomic E-state index is -0.410. The van der Waals surface area contributed by atoms with Gasteiger partial charge in [0.25, 0.3) is 5.69 Å². The highest BCUT2D eigenvalue weighted by Crippen LogP contribution is 2.30. The third-order valence-electron chi connectivity index (χ3n) is 3.95. The summed E-state index contributed by atoms with van der Waals surface area (Å²) in [7, 11) is 0. The maximum absolute atomic E-state index is 11.0. The van der Waals surface area contributed by atoms with Gasteiger partial charge >= 0.3 is 0 Å². The van der Waals surface area contributed by atoms with Crippen LogP contribution >= 0.6 is 0 Å². The fourth-order valence-electron chi connectivity index (χ4n) is 2.91. The molecule has 0 saturated heterocycles. The van der Waals surface area contributed by atoms with Gasteiger partial charge in [-0.3, -0.25) is 10.1 Å². The zero-order valence-corrected chi connectivity index (χ0v) is 11.6. The molecule has 5 nitrogen and oxygen atoms in total. The van der Waals surface area contributed by atoms with Crippen molar-refractivity contribution in [1.82, 2.24) is 0 Å². The Morgan fingerprint density at radius 1 is 1.50 bits per heavy atom. The minimum Gasteiger partial charge on any atom is -0.379 e. The number of anilines is 1. The van der Waals surface area contributed by atoms with E-state index >= 15 is 0 Å².